The summed E-state index contributed by atoms with van der Waals surface area (Å²) in [4.78, 5) is 20.6. The number of halogens is 2. The summed E-state index contributed by atoms with van der Waals surface area (Å²) < 4.78 is 0. The molecular formula is C15H23Cl2N3O. The molecule has 1 heterocycles. The van der Waals surface area contributed by atoms with Gasteiger partial charge in [0, 0.05) is 13.1 Å². The molecular weight excluding hydrogens is 309 g/mol. The minimum Gasteiger partial charge on any atom is -0.337 e. The van der Waals surface area contributed by atoms with Crippen LogP contribution >= 0.6 is 23.2 Å². The lowest BCUT2D eigenvalue weighted by Crippen LogP contribution is -2.35. The summed E-state index contributed by atoms with van der Waals surface area (Å²) in [7, 11) is 0. The van der Waals surface area contributed by atoms with Crippen molar-refractivity contribution in [2.45, 2.75) is 27.2 Å². The molecule has 1 aromatic heterocycles. The molecule has 0 saturated heterocycles. The normalized spacial score (nSPS) is 11.0. The second kappa shape index (κ2) is 9.23. The molecule has 0 radical (unpaired) electrons. The van der Waals surface area contributed by atoms with E-state index in [0.29, 0.717) is 18.1 Å². The highest BCUT2D eigenvalue weighted by molar-refractivity contribution is 6.34. The Kier molecular flexibility index (Phi) is 8.01. The lowest BCUT2D eigenvalue weighted by Gasteiger charge is -2.23. The third-order valence-corrected chi connectivity index (χ3v) is 4.00. The maximum atomic E-state index is 12.5. The predicted octanol–water partition coefficient (Wildman–Crippen LogP) is 3.58. The first-order chi connectivity index (χ1) is 10.0. The van der Waals surface area contributed by atoms with Gasteiger partial charge in [0.2, 0.25) is 0 Å². The van der Waals surface area contributed by atoms with Crippen LogP contribution in [0.25, 0.3) is 0 Å². The van der Waals surface area contributed by atoms with Crippen molar-refractivity contribution in [1.29, 1.82) is 0 Å². The number of amides is 1. The molecule has 0 spiro atoms. The Labute approximate surface area is 137 Å². The number of carbonyl (C=O) groups is 1. The Morgan fingerprint density at radius 1 is 1.10 bits per heavy atom. The summed E-state index contributed by atoms with van der Waals surface area (Å²) in [6.45, 7) is 10.6. The van der Waals surface area contributed by atoms with E-state index in [1.54, 1.807) is 17.0 Å². The minimum absolute atomic E-state index is 0.162. The average molecular weight is 332 g/mol. The number of carbonyl (C=O) groups excluding carboxylic acids is 1. The Balaban J connectivity index is 2.67. The van der Waals surface area contributed by atoms with Crippen LogP contribution in [0.2, 0.25) is 10.2 Å². The highest BCUT2D eigenvalue weighted by Gasteiger charge is 2.19. The zero-order valence-electron chi connectivity index (χ0n) is 12.9. The third-order valence-electron chi connectivity index (χ3n) is 3.48. The van der Waals surface area contributed by atoms with E-state index in [-0.39, 0.29) is 16.8 Å². The van der Waals surface area contributed by atoms with E-state index in [1.165, 1.54) is 0 Å². The van der Waals surface area contributed by atoms with Crippen LogP contribution in [-0.4, -0.2) is 53.4 Å². The van der Waals surface area contributed by atoms with Crippen LogP contribution in [0, 0.1) is 0 Å². The fourth-order valence-electron chi connectivity index (χ4n) is 2.15. The molecule has 1 rings (SSSR count). The summed E-state index contributed by atoms with van der Waals surface area (Å²) in [5.41, 5.74) is 0.230. The summed E-state index contributed by atoms with van der Waals surface area (Å²) in [5, 5.41) is 0.619. The summed E-state index contributed by atoms with van der Waals surface area (Å²) >= 11 is 11.9. The first-order valence-corrected chi connectivity index (χ1v) is 8.12. The first kappa shape index (κ1) is 18.2. The van der Waals surface area contributed by atoms with E-state index >= 15 is 0 Å². The molecule has 0 aliphatic carbocycles. The molecule has 0 bridgehead atoms. The Morgan fingerprint density at radius 2 is 1.76 bits per heavy atom. The van der Waals surface area contributed by atoms with Gasteiger partial charge in [0.1, 0.15) is 10.8 Å². The highest BCUT2D eigenvalue weighted by Crippen LogP contribution is 2.18. The van der Waals surface area contributed by atoms with Gasteiger partial charge < -0.3 is 9.80 Å². The van der Waals surface area contributed by atoms with Gasteiger partial charge in [-0.05, 0) is 45.1 Å². The monoisotopic (exact) mass is 331 g/mol. The van der Waals surface area contributed by atoms with Crippen LogP contribution in [0.1, 0.15) is 37.7 Å². The van der Waals surface area contributed by atoms with E-state index in [9.17, 15) is 4.79 Å². The summed E-state index contributed by atoms with van der Waals surface area (Å²) in [6, 6.07) is 3.19. The number of rotatable bonds is 8. The van der Waals surface area contributed by atoms with Crippen LogP contribution < -0.4 is 0 Å². The number of hydrogen-bond donors (Lipinski definition) is 0. The van der Waals surface area contributed by atoms with Crippen LogP contribution in [0.15, 0.2) is 12.1 Å². The molecule has 0 aliphatic heterocycles. The zero-order chi connectivity index (χ0) is 15.8. The number of pyridine rings is 1. The molecule has 1 aromatic rings. The van der Waals surface area contributed by atoms with Crippen molar-refractivity contribution in [2.24, 2.45) is 0 Å². The molecule has 118 valence electrons. The van der Waals surface area contributed by atoms with Gasteiger partial charge in [0.05, 0.1) is 5.02 Å². The van der Waals surface area contributed by atoms with Crippen LogP contribution in [0.3, 0.4) is 0 Å². The second-order valence-corrected chi connectivity index (χ2v) is 5.52. The van der Waals surface area contributed by atoms with E-state index in [0.717, 1.165) is 26.1 Å². The quantitative estimate of drug-likeness (QED) is 0.683. The van der Waals surface area contributed by atoms with E-state index in [4.69, 9.17) is 23.2 Å². The summed E-state index contributed by atoms with van der Waals surface area (Å²) in [5.74, 6) is -0.162. The van der Waals surface area contributed by atoms with Crippen molar-refractivity contribution in [3.8, 4) is 0 Å². The molecule has 6 heteroatoms. The van der Waals surface area contributed by atoms with Crippen LogP contribution in [0.4, 0.5) is 0 Å². The standard InChI is InChI=1S/C15H23Cl2N3O/c1-4-19(5-2)10-7-11-20(6-3)15(21)14-12(16)8-9-13(17)18-14/h8-9H,4-7,10-11H2,1-3H3. The van der Waals surface area contributed by atoms with Crippen molar-refractivity contribution in [3.05, 3.63) is 28.0 Å². The van der Waals surface area contributed by atoms with Crippen molar-refractivity contribution in [1.82, 2.24) is 14.8 Å². The molecule has 0 atom stereocenters. The van der Waals surface area contributed by atoms with Gasteiger partial charge in [-0.15, -0.1) is 0 Å². The first-order valence-electron chi connectivity index (χ1n) is 7.37. The molecule has 0 aromatic carbocycles. The Bertz CT molecular complexity index is 464. The SMILES string of the molecule is CCN(CC)CCCN(CC)C(=O)c1nc(Cl)ccc1Cl. The van der Waals surface area contributed by atoms with Crippen molar-refractivity contribution in [2.75, 3.05) is 32.7 Å². The third kappa shape index (κ3) is 5.46. The topological polar surface area (TPSA) is 36.4 Å². The van der Waals surface area contributed by atoms with Gasteiger partial charge in [-0.25, -0.2) is 4.98 Å². The summed E-state index contributed by atoms with van der Waals surface area (Å²) in [6.07, 6.45) is 0.930. The number of hydrogen-bond acceptors (Lipinski definition) is 3. The van der Waals surface area contributed by atoms with Gasteiger partial charge in [-0.1, -0.05) is 37.0 Å². The van der Waals surface area contributed by atoms with Crippen molar-refractivity contribution in [3.63, 3.8) is 0 Å². The molecule has 0 aliphatic rings. The molecule has 0 N–H and O–H groups in total. The predicted molar refractivity (Wildman–Crippen MR) is 88.2 cm³/mol. The lowest BCUT2D eigenvalue weighted by atomic mass is 10.2. The van der Waals surface area contributed by atoms with Gasteiger partial charge in [-0.3, -0.25) is 4.79 Å². The van der Waals surface area contributed by atoms with Crippen molar-refractivity contribution >= 4 is 29.1 Å². The zero-order valence-corrected chi connectivity index (χ0v) is 14.4. The molecule has 21 heavy (non-hydrogen) atoms. The average Bonchev–Trinajstić information content (AvgIpc) is 2.49. The molecule has 0 saturated carbocycles. The van der Waals surface area contributed by atoms with Gasteiger partial charge in [0.15, 0.2) is 0 Å². The fourth-order valence-corrected chi connectivity index (χ4v) is 2.48. The van der Waals surface area contributed by atoms with E-state index in [2.05, 4.69) is 23.7 Å². The Morgan fingerprint density at radius 3 is 2.33 bits per heavy atom. The molecule has 0 unspecified atom stereocenters. The van der Waals surface area contributed by atoms with E-state index in [1.807, 2.05) is 6.92 Å². The van der Waals surface area contributed by atoms with Gasteiger partial charge in [-0.2, -0.15) is 0 Å². The Hall–Kier alpha value is -0.840. The van der Waals surface area contributed by atoms with E-state index < -0.39 is 0 Å². The van der Waals surface area contributed by atoms with Gasteiger partial charge in [0.25, 0.3) is 5.91 Å². The van der Waals surface area contributed by atoms with Crippen LogP contribution in [-0.2, 0) is 0 Å². The van der Waals surface area contributed by atoms with Crippen molar-refractivity contribution < 1.29 is 4.79 Å². The highest BCUT2D eigenvalue weighted by atomic mass is 35.5. The maximum absolute atomic E-state index is 12.5. The molecule has 4 nitrogen and oxygen atoms in total. The molecule has 1 amide bonds. The second-order valence-electron chi connectivity index (χ2n) is 4.73. The number of nitrogens with zero attached hydrogens (tertiary/aromatic N) is 3. The molecule has 0 fully saturated rings. The smallest absolute Gasteiger partial charge is 0.274 e. The lowest BCUT2D eigenvalue weighted by molar-refractivity contribution is 0.0752. The largest absolute Gasteiger partial charge is 0.337 e. The van der Waals surface area contributed by atoms with Crippen LogP contribution in [0.5, 0.6) is 0 Å². The maximum Gasteiger partial charge on any atom is 0.274 e. The number of aromatic nitrogens is 1. The minimum atomic E-state index is -0.162. The van der Waals surface area contributed by atoms with Gasteiger partial charge >= 0.3 is 0 Å². The fraction of sp³-hybridized carbons (Fsp3) is 0.600.